The first kappa shape index (κ1) is 41.0. The molecule has 0 aliphatic rings. The van der Waals surface area contributed by atoms with Gasteiger partial charge in [-0.15, -0.1) is 55.9 Å². The molecule has 0 atom stereocenters. The molecule has 0 aromatic heterocycles. The van der Waals surface area contributed by atoms with Gasteiger partial charge in [-0.25, -0.2) is 0 Å². The van der Waals surface area contributed by atoms with Crippen LogP contribution in [0.25, 0.3) is 43.8 Å². The molecule has 6 aromatic carbocycles. The second kappa shape index (κ2) is 17.2. The van der Waals surface area contributed by atoms with Crippen molar-refractivity contribution in [2.75, 3.05) is 0 Å². The van der Waals surface area contributed by atoms with E-state index in [0.29, 0.717) is 0 Å². The summed E-state index contributed by atoms with van der Waals surface area (Å²) in [6.45, 7) is 31.8. The second-order valence-corrected chi connectivity index (χ2v) is 18.9. The Labute approximate surface area is 316 Å². The Morgan fingerprint density at radius 2 is 0.776 bits per heavy atom. The summed E-state index contributed by atoms with van der Waals surface area (Å²) in [5.74, 6) is 0. The van der Waals surface area contributed by atoms with E-state index in [-0.39, 0.29) is 10.8 Å². The number of rotatable bonds is 2. The van der Waals surface area contributed by atoms with E-state index < -0.39 is 20.8 Å². The molecular weight excluding hydrogens is 715 g/mol. The number of hydrogen-bond acceptors (Lipinski definition) is 0. The van der Waals surface area contributed by atoms with E-state index in [1.807, 2.05) is 0 Å². The summed E-state index contributed by atoms with van der Waals surface area (Å²) in [6.07, 6.45) is 0. The Morgan fingerprint density at radius 3 is 1.04 bits per heavy atom. The van der Waals surface area contributed by atoms with Gasteiger partial charge >= 0.3 is 37.9 Å². The zero-order chi connectivity index (χ0) is 36.8. The van der Waals surface area contributed by atoms with Gasteiger partial charge in [0.2, 0.25) is 0 Å². The Hall–Kier alpha value is -2.44. The summed E-state index contributed by atoms with van der Waals surface area (Å²) in [5.41, 5.74) is 16.7. The van der Waals surface area contributed by atoms with Crippen molar-refractivity contribution in [1.82, 2.24) is 0 Å². The van der Waals surface area contributed by atoms with Crippen molar-refractivity contribution in [3.63, 3.8) is 0 Å². The van der Waals surface area contributed by atoms with Crippen molar-refractivity contribution >= 4 is 38.6 Å². The standard InChI is InChI=1S/2C22H25.C2H5.2ClH.Zr/c2*1-14-11-19-15(2)13-16(3)21(20(19)12-14)17-7-9-18(10-8-17)22(4,5)6;1-2;;;/h2*7-13H,1-6H3;1H2,2H3;2*1H;/q3*-1;;;+2/p-2. The van der Waals surface area contributed by atoms with Crippen molar-refractivity contribution in [1.29, 1.82) is 0 Å². The SMILES string of the molecule is Cc1cc2c(-c3ccc(C(C)(C)C)cc3)c(C)cc(C)c2[cH-]1.Cc1cc2c(-c3ccc(C(C)(C)C)cc3)c(C)cc(C)c2[cH-]1.[CH2-]C.[Cl][Zr][Cl]. The molecule has 0 radical (unpaired) electrons. The molecule has 0 saturated carbocycles. The molecule has 0 aliphatic carbocycles. The molecule has 0 amide bonds. The number of halogens is 2. The van der Waals surface area contributed by atoms with Crippen molar-refractivity contribution in [2.24, 2.45) is 0 Å². The average molecular weight is 770 g/mol. The zero-order valence-electron chi connectivity index (χ0n) is 32.0. The van der Waals surface area contributed by atoms with Crippen LogP contribution < -0.4 is 0 Å². The number of benzene rings is 4. The van der Waals surface area contributed by atoms with E-state index in [0.717, 1.165) is 0 Å². The van der Waals surface area contributed by atoms with Crippen LogP contribution in [0.3, 0.4) is 0 Å². The van der Waals surface area contributed by atoms with E-state index >= 15 is 0 Å². The van der Waals surface area contributed by atoms with Gasteiger partial charge in [-0.2, -0.15) is 19.1 Å². The third-order valence-corrected chi connectivity index (χ3v) is 9.19. The van der Waals surface area contributed by atoms with E-state index in [9.17, 15) is 0 Å². The molecule has 0 spiro atoms. The number of fused-ring (bicyclic) bond motifs is 2. The molecule has 260 valence electrons. The first-order chi connectivity index (χ1) is 23.0. The van der Waals surface area contributed by atoms with Gasteiger partial charge in [-0.3, -0.25) is 0 Å². The summed E-state index contributed by atoms with van der Waals surface area (Å²) >= 11 is -0.826. The van der Waals surface area contributed by atoms with Gasteiger partial charge in [0.25, 0.3) is 0 Å². The molecule has 6 aromatic rings. The van der Waals surface area contributed by atoms with E-state index in [2.05, 4.69) is 175 Å². The maximum absolute atomic E-state index is 4.93. The summed E-state index contributed by atoms with van der Waals surface area (Å²) in [7, 11) is 9.87. The van der Waals surface area contributed by atoms with Crippen molar-refractivity contribution < 1.29 is 20.8 Å². The molecule has 0 nitrogen and oxygen atoms in total. The average Bonchev–Trinajstić information content (AvgIpc) is 3.61. The van der Waals surface area contributed by atoms with Gasteiger partial charge in [0.15, 0.2) is 0 Å². The summed E-state index contributed by atoms with van der Waals surface area (Å²) in [5, 5.41) is 5.55. The maximum atomic E-state index is 4.93. The normalized spacial score (nSPS) is 11.3. The molecule has 0 aliphatic heterocycles. The van der Waals surface area contributed by atoms with Crippen LogP contribution in [0.5, 0.6) is 0 Å². The van der Waals surface area contributed by atoms with Gasteiger partial charge in [0, 0.05) is 0 Å². The molecule has 0 unspecified atom stereocenters. The molecular formula is C46H55Cl2Zr-3. The van der Waals surface area contributed by atoms with Crippen LogP contribution in [-0.2, 0) is 31.7 Å². The molecule has 0 saturated heterocycles. The van der Waals surface area contributed by atoms with Crippen LogP contribution in [0, 0.1) is 48.5 Å². The summed E-state index contributed by atoms with van der Waals surface area (Å²) in [4.78, 5) is 0. The van der Waals surface area contributed by atoms with Crippen molar-refractivity contribution in [3.05, 3.63) is 136 Å². The molecule has 49 heavy (non-hydrogen) atoms. The van der Waals surface area contributed by atoms with Gasteiger partial charge in [0.1, 0.15) is 0 Å². The Balaban J connectivity index is 0.000000235. The van der Waals surface area contributed by atoms with Crippen LogP contribution in [0.15, 0.2) is 84.9 Å². The number of aryl methyl sites for hydroxylation is 6. The first-order valence-corrected chi connectivity index (χ1v) is 23.5. The topological polar surface area (TPSA) is 0 Å². The molecule has 0 N–H and O–H groups in total. The first-order valence-electron chi connectivity index (χ1n) is 17.2. The molecule has 0 bridgehead atoms. The van der Waals surface area contributed by atoms with Gasteiger partial charge < -0.3 is 6.92 Å². The molecule has 3 heteroatoms. The fraction of sp³-hybridized carbons (Fsp3) is 0.326. The van der Waals surface area contributed by atoms with E-state index in [1.54, 1.807) is 6.92 Å². The predicted octanol–water partition coefficient (Wildman–Crippen LogP) is 15.1. The number of hydrogen-bond donors (Lipinski definition) is 0. The fourth-order valence-corrected chi connectivity index (χ4v) is 6.79. The van der Waals surface area contributed by atoms with Crippen LogP contribution in [0.1, 0.15) is 93.0 Å². The molecule has 6 rings (SSSR count). The van der Waals surface area contributed by atoms with E-state index in [4.69, 9.17) is 17.0 Å². The predicted molar refractivity (Wildman–Crippen MR) is 219 cm³/mol. The third kappa shape index (κ3) is 9.88. The minimum atomic E-state index is -0.826. The zero-order valence-corrected chi connectivity index (χ0v) is 36.0. The van der Waals surface area contributed by atoms with Crippen LogP contribution in [0.4, 0.5) is 0 Å². The van der Waals surface area contributed by atoms with Gasteiger partial charge in [-0.05, 0) is 46.9 Å². The molecule has 0 fully saturated rings. The Bertz CT molecular complexity index is 1820. The fourth-order valence-electron chi connectivity index (χ4n) is 6.79. The van der Waals surface area contributed by atoms with Crippen molar-refractivity contribution in [3.8, 4) is 22.3 Å². The summed E-state index contributed by atoms with van der Waals surface area (Å²) in [6, 6.07) is 32.1. The van der Waals surface area contributed by atoms with Crippen molar-refractivity contribution in [2.45, 2.75) is 101 Å². The third-order valence-electron chi connectivity index (χ3n) is 9.19. The van der Waals surface area contributed by atoms with Crippen LogP contribution >= 0.6 is 17.0 Å². The van der Waals surface area contributed by atoms with Gasteiger partial charge in [-0.1, -0.05) is 152 Å². The molecule has 0 heterocycles. The summed E-state index contributed by atoms with van der Waals surface area (Å²) < 4.78 is 0. The van der Waals surface area contributed by atoms with Crippen LogP contribution in [0.2, 0.25) is 0 Å². The second-order valence-electron chi connectivity index (χ2n) is 15.2. The van der Waals surface area contributed by atoms with Crippen LogP contribution in [-0.4, -0.2) is 0 Å². The minimum absolute atomic E-state index is 0.201. The monoisotopic (exact) mass is 767 g/mol. The quantitative estimate of drug-likeness (QED) is 0.154. The van der Waals surface area contributed by atoms with E-state index in [1.165, 1.54) is 88.3 Å². The Morgan fingerprint density at radius 1 is 0.490 bits per heavy atom. The van der Waals surface area contributed by atoms with Gasteiger partial charge in [0.05, 0.1) is 0 Å². The Kier molecular flexibility index (Phi) is 14.4.